The molecule has 1 fully saturated rings. The van der Waals surface area contributed by atoms with Crippen molar-refractivity contribution in [3.63, 3.8) is 0 Å². The summed E-state index contributed by atoms with van der Waals surface area (Å²) < 4.78 is 0. The van der Waals surface area contributed by atoms with Gasteiger partial charge in [-0.05, 0) is 76.8 Å². The van der Waals surface area contributed by atoms with E-state index in [1.54, 1.807) is 27.8 Å². The van der Waals surface area contributed by atoms with E-state index in [-0.39, 0.29) is 37.2 Å². The summed E-state index contributed by atoms with van der Waals surface area (Å²) in [7, 11) is 1.63. The number of nitrogens with two attached hydrogens (primary N) is 3. The van der Waals surface area contributed by atoms with Crippen LogP contribution in [0.3, 0.4) is 0 Å². The summed E-state index contributed by atoms with van der Waals surface area (Å²) in [5.41, 5.74) is 15.6. The Balaban J connectivity index is 3.00. The van der Waals surface area contributed by atoms with Crippen LogP contribution >= 0.6 is 0 Å². The summed E-state index contributed by atoms with van der Waals surface area (Å²) >= 11 is 0. The quantitative estimate of drug-likeness (QED) is 0.0401. The highest BCUT2D eigenvalue weighted by Crippen LogP contribution is 2.22. The monoisotopic (exact) mass is 696 g/mol. The zero-order valence-corrected chi connectivity index (χ0v) is 30.1. The number of guanidine groups is 1. The van der Waals surface area contributed by atoms with Crippen molar-refractivity contribution in [2.24, 2.45) is 33.5 Å². The number of carbonyl (C=O) groups is 6. The molecular formula is C32H60N10O7. The zero-order valence-electron chi connectivity index (χ0n) is 30.1. The molecule has 0 bridgehead atoms. The highest BCUT2D eigenvalue weighted by molar-refractivity contribution is 5.96. The summed E-state index contributed by atoms with van der Waals surface area (Å²) in [6.45, 7) is 11.2. The number of likely N-dealkylation sites (tertiary alicyclic amines) is 1. The fourth-order valence-electron chi connectivity index (χ4n) is 5.53. The minimum Gasteiger partial charge on any atom is -0.480 e. The van der Waals surface area contributed by atoms with Crippen LogP contribution in [0.2, 0.25) is 0 Å². The van der Waals surface area contributed by atoms with Gasteiger partial charge in [0.1, 0.15) is 30.2 Å². The van der Waals surface area contributed by atoms with Crippen molar-refractivity contribution in [3.05, 3.63) is 0 Å². The number of amides is 5. The number of likely N-dealkylation sites (N-methyl/N-ethyl adjacent to an activating group) is 1. The highest BCUT2D eigenvalue weighted by atomic mass is 16.4. The SMILES string of the molecule is CN[C@@H](CCCN=C(N)N)C(=O)N[C@@H](CCCN)C(=O)N1CCC[C@H]1C(=O)N[C@@H](C)C(=O)NC(C(=O)N[C@@H](CC(C)C)C(=O)O)C(C)(C)C. The Bertz CT molecular complexity index is 1170. The first-order valence-corrected chi connectivity index (χ1v) is 17.0. The summed E-state index contributed by atoms with van der Waals surface area (Å²) in [5.74, 6) is -3.88. The summed E-state index contributed by atoms with van der Waals surface area (Å²) in [5, 5.41) is 23.2. The molecular weight excluding hydrogens is 636 g/mol. The maximum absolute atomic E-state index is 13.8. The van der Waals surface area contributed by atoms with Crippen molar-refractivity contribution in [2.45, 2.75) is 123 Å². The van der Waals surface area contributed by atoms with Crippen LogP contribution in [-0.2, 0) is 28.8 Å². The van der Waals surface area contributed by atoms with Crippen LogP contribution in [0.1, 0.15) is 86.5 Å². The predicted molar refractivity (Wildman–Crippen MR) is 186 cm³/mol. The number of carbonyl (C=O) groups excluding carboxylic acids is 5. The van der Waals surface area contributed by atoms with Crippen LogP contribution in [0.4, 0.5) is 0 Å². The lowest BCUT2D eigenvalue weighted by atomic mass is 9.85. The Morgan fingerprint density at radius 1 is 0.878 bits per heavy atom. The Morgan fingerprint density at radius 3 is 2.02 bits per heavy atom. The summed E-state index contributed by atoms with van der Waals surface area (Å²) in [6.07, 6.45) is 2.78. The molecule has 0 saturated carbocycles. The van der Waals surface area contributed by atoms with Crippen LogP contribution in [0.15, 0.2) is 4.99 Å². The average Bonchev–Trinajstić information content (AvgIpc) is 3.50. The standard InChI is InChI=1S/C32H60N10O7/c1-18(2)17-22(30(48)49)40-28(46)24(32(4,5)6)41-25(43)19(3)38-27(45)23-13-10-16-42(23)29(47)21(11-8-14-33)39-26(44)20(36-7)12-9-15-37-31(34)35/h18-24,36H,8-17,33H2,1-7H3,(H,38,45)(H,39,44)(H,40,46)(H,41,43)(H,48,49)(H4,34,35,37)/t19-,20-,21-,22-,23-,24?/m0/s1. The van der Waals surface area contributed by atoms with E-state index in [0.717, 1.165) is 0 Å². The van der Waals surface area contributed by atoms with Gasteiger partial charge in [-0.2, -0.15) is 0 Å². The van der Waals surface area contributed by atoms with Gasteiger partial charge in [-0.25, -0.2) is 4.79 Å². The number of aliphatic carboxylic acids is 1. The fraction of sp³-hybridized carbons (Fsp3) is 0.781. The predicted octanol–water partition coefficient (Wildman–Crippen LogP) is -1.51. The largest absolute Gasteiger partial charge is 0.480 e. The number of nitrogens with zero attached hydrogens (tertiary/aromatic N) is 2. The minimum atomic E-state index is -1.18. The van der Waals surface area contributed by atoms with Crippen molar-refractivity contribution in [1.82, 2.24) is 31.5 Å². The van der Waals surface area contributed by atoms with E-state index in [1.165, 1.54) is 11.8 Å². The molecule has 17 heteroatoms. The molecule has 12 N–H and O–H groups in total. The summed E-state index contributed by atoms with van der Waals surface area (Å²) in [4.78, 5) is 83.8. The number of nitrogens with one attached hydrogen (secondary N) is 5. The molecule has 1 unspecified atom stereocenters. The number of carboxylic acid groups (broad SMARTS) is 1. The minimum absolute atomic E-state index is 0.00621. The van der Waals surface area contributed by atoms with Crippen LogP contribution in [0.5, 0.6) is 0 Å². The van der Waals surface area contributed by atoms with Gasteiger partial charge in [0.25, 0.3) is 0 Å². The lowest BCUT2D eigenvalue weighted by Gasteiger charge is -2.33. The van der Waals surface area contributed by atoms with Gasteiger partial charge in [0.2, 0.25) is 29.5 Å². The number of aliphatic imine (C=N–C) groups is 1. The van der Waals surface area contributed by atoms with Crippen LogP contribution in [0, 0.1) is 11.3 Å². The van der Waals surface area contributed by atoms with Gasteiger partial charge in [0, 0.05) is 13.1 Å². The molecule has 280 valence electrons. The Kier molecular flexibility index (Phi) is 18.0. The lowest BCUT2D eigenvalue weighted by molar-refractivity contribution is -0.143. The molecule has 0 aliphatic carbocycles. The molecule has 0 aromatic heterocycles. The second-order valence-corrected chi connectivity index (χ2v) is 14.0. The van der Waals surface area contributed by atoms with Crippen molar-refractivity contribution < 1.29 is 33.9 Å². The molecule has 1 heterocycles. The fourth-order valence-corrected chi connectivity index (χ4v) is 5.53. The Labute approximate surface area is 289 Å². The third kappa shape index (κ3) is 14.6. The van der Waals surface area contributed by atoms with Crippen molar-refractivity contribution >= 4 is 41.5 Å². The van der Waals surface area contributed by atoms with Crippen LogP contribution in [-0.4, -0.2) is 114 Å². The molecule has 1 rings (SSSR count). The van der Waals surface area contributed by atoms with E-state index in [0.29, 0.717) is 45.2 Å². The summed E-state index contributed by atoms with van der Waals surface area (Å²) in [6, 6.07) is -5.72. The van der Waals surface area contributed by atoms with Gasteiger partial charge in [0.15, 0.2) is 5.96 Å². The smallest absolute Gasteiger partial charge is 0.326 e. The number of hydrogen-bond acceptors (Lipinski definition) is 9. The third-order valence-corrected chi connectivity index (χ3v) is 8.25. The van der Waals surface area contributed by atoms with E-state index in [1.807, 2.05) is 13.8 Å². The molecule has 49 heavy (non-hydrogen) atoms. The highest BCUT2D eigenvalue weighted by Gasteiger charge is 2.40. The molecule has 1 aliphatic heterocycles. The molecule has 0 aromatic carbocycles. The number of rotatable bonds is 20. The Hall–Kier alpha value is -3.99. The first-order valence-electron chi connectivity index (χ1n) is 17.0. The molecule has 5 amide bonds. The van der Waals surface area contributed by atoms with Crippen molar-refractivity contribution in [3.8, 4) is 0 Å². The van der Waals surface area contributed by atoms with Gasteiger partial charge in [-0.15, -0.1) is 0 Å². The van der Waals surface area contributed by atoms with Crippen LogP contribution in [0.25, 0.3) is 0 Å². The Morgan fingerprint density at radius 2 is 1.49 bits per heavy atom. The van der Waals surface area contributed by atoms with E-state index in [2.05, 4.69) is 31.6 Å². The zero-order chi connectivity index (χ0) is 37.5. The molecule has 6 atom stereocenters. The van der Waals surface area contributed by atoms with Gasteiger partial charge in [-0.3, -0.25) is 29.0 Å². The average molecular weight is 697 g/mol. The van der Waals surface area contributed by atoms with Gasteiger partial charge in [0.05, 0.1) is 6.04 Å². The van der Waals surface area contributed by atoms with E-state index < -0.39 is 71.3 Å². The molecule has 0 radical (unpaired) electrons. The van der Waals surface area contributed by atoms with E-state index >= 15 is 0 Å². The van der Waals surface area contributed by atoms with E-state index in [9.17, 15) is 33.9 Å². The lowest BCUT2D eigenvalue weighted by Crippen LogP contribution is -2.60. The maximum atomic E-state index is 13.8. The van der Waals surface area contributed by atoms with Gasteiger partial charge in [-0.1, -0.05) is 34.6 Å². The van der Waals surface area contributed by atoms with Crippen molar-refractivity contribution in [2.75, 3.05) is 26.7 Å². The first kappa shape index (κ1) is 43.0. The molecule has 1 aliphatic rings. The topological polar surface area (TPSA) is 276 Å². The van der Waals surface area contributed by atoms with E-state index in [4.69, 9.17) is 17.2 Å². The molecule has 0 spiro atoms. The van der Waals surface area contributed by atoms with Crippen molar-refractivity contribution in [1.29, 1.82) is 0 Å². The van der Waals surface area contributed by atoms with Gasteiger partial charge >= 0.3 is 5.97 Å². The normalized spacial score (nSPS) is 17.7. The second-order valence-electron chi connectivity index (χ2n) is 14.0. The molecule has 0 aromatic rings. The van der Waals surface area contributed by atoms with Gasteiger partial charge < -0.3 is 53.8 Å². The molecule has 17 nitrogen and oxygen atoms in total. The number of hydrogen-bond donors (Lipinski definition) is 9. The van der Waals surface area contributed by atoms with Crippen LogP contribution < -0.4 is 43.8 Å². The molecule has 1 saturated heterocycles. The first-order chi connectivity index (χ1) is 22.8. The number of carboxylic acids is 1. The third-order valence-electron chi connectivity index (χ3n) is 8.25. The second kappa shape index (κ2) is 20.5. The maximum Gasteiger partial charge on any atom is 0.326 e.